The summed E-state index contributed by atoms with van der Waals surface area (Å²) in [4.78, 5) is 0. The Hall–Kier alpha value is -1.55. The van der Waals surface area contributed by atoms with E-state index in [2.05, 4.69) is 15.6 Å². The van der Waals surface area contributed by atoms with Gasteiger partial charge in [-0.15, -0.1) is 5.10 Å². The second-order valence-corrected chi connectivity index (χ2v) is 4.10. The van der Waals surface area contributed by atoms with E-state index in [0.717, 1.165) is 22.0 Å². The number of nitrogens with one attached hydrogen (secondary N) is 1. The molecule has 0 amide bonds. The summed E-state index contributed by atoms with van der Waals surface area (Å²) in [5, 5.41) is 11.8. The smallest absolute Gasteiger partial charge is 0.0774 e. The summed E-state index contributed by atoms with van der Waals surface area (Å²) in [7, 11) is 1.87. The van der Waals surface area contributed by atoms with Gasteiger partial charge in [0.2, 0.25) is 0 Å². The monoisotopic (exact) mass is 236 g/mol. The Labute approximate surface area is 99.2 Å². The van der Waals surface area contributed by atoms with Crippen LogP contribution in [0.5, 0.6) is 0 Å². The summed E-state index contributed by atoms with van der Waals surface area (Å²) >= 11 is 5.89. The molecule has 0 atom stereocenters. The number of hydrogen-bond acceptors (Lipinski definition) is 3. The van der Waals surface area contributed by atoms with Crippen LogP contribution < -0.4 is 5.32 Å². The molecule has 0 fully saturated rings. The van der Waals surface area contributed by atoms with E-state index >= 15 is 0 Å². The molecule has 1 N–H and O–H groups in total. The van der Waals surface area contributed by atoms with Crippen molar-refractivity contribution in [1.29, 1.82) is 0 Å². The molecule has 0 bridgehead atoms. The molecule has 0 aliphatic carbocycles. The van der Waals surface area contributed by atoms with E-state index in [1.807, 2.05) is 32.2 Å². The second kappa shape index (κ2) is 4.53. The molecule has 0 spiro atoms. The highest BCUT2D eigenvalue weighted by atomic mass is 35.5. The highest BCUT2D eigenvalue weighted by molar-refractivity contribution is 6.30. The lowest BCUT2D eigenvalue weighted by atomic mass is 10.2. The Bertz CT molecular complexity index is 492. The van der Waals surface area contributed by atoms with E-state index in [1.165, 1.54) is 0 Å². The van der Waals surface area contributed by atoms with Gasteiger partial charge in [0, 0.05) is 17.8 Å². The van der Waals surface area contributed by atoms with Gasteiger partial charge < -0.3 is 5.32 Å². The van der Waals surface area contributed by atoms with Crippen LogP contribution in [0.3, 0.4) is 0 Å². The zero-order valence-corrected chi connectivity index (χ0v) is 9.99. The maximum atomic E-state index is 5.89. The molecule has 0 saturated carbocycles. The van der Waals surface area contributed by atoms with Gasteiger partial charge in [0.25, 0.3) is 0 Å². The minimum absolute atomic E-state index is 0.700. The van der Waals surface area contributed by atoms with Crippen molar-refractivity contribution in [1.82, 2.24) is 15.0 Å². The predicted octanol–water partition coefficient (Wildman–Crippen LogP) is 2.39. The van der Waals surface area contributed by atoms with Crippen molar-refractivity contribution in [3.63, 3.8) is 0 Å². The van der Waals surface area contributed by atoms with Crippen molar-refractivity contribution in [2.24, 2.45) is 7.05 Å². The van der Waals surface area contributed by atoms with Crippen molar-refractivity contribution in [2.45, 2.75) is 13.5 Å². The number of rotatable bonds is 3. The zero-order valence-electron chi connectivity index (χ0n) is 9.24. The Morgan fingerprint density at radius 3 is 2.88 bits per heavy atom. The molecule has 1 heterocycles. The molecule has 2 aromatic rings. The molecular formula is C11H13ClN4. The molecule has 5 heteroatoms. The van der Waals surface area contributed by atoms with Crippen LogP contribution in [0.25, 0.3) is 0 Å². The molecular weight excluding hydrogens is 224 g/mol. The van der Waals surface area contributed by atoms with Crippen LogP contribution in [-0.4, -0.2) is 15.0 Å². The topological polar surface area (TPSA) is 42.7 Å². The normalized spacial score (nSPS) is 10.4. The third-order valence-electron chi connectivity index (χ3n) is 2.46. The van der Waals surface area contributed by atoms with Crippen molar-refractivity contribution >= 4 is 17.3 Å². The summed E-state index contributed by atoms with van der Waals surface area (Å²) in [6.07, 6.45) is 1.75. The van der Waals surface area contributed by atoms with Gasteiger partial charge in [-0.2, -0.15) is 0 Å². The van der Waals surface area contributed by atoms with Crippen LogP contribution in [0.15, 0.2) is 24.4 Å². The van der Waals surface area contributed by atoms with Crippen molar-refractivity contribution in [3.8, 4) is 0 Å². The Kier molecular flexibility index (Phi) is 3.10. The quantitative estimate of drug-likeness (QED) is 0.890. The van der Waals surface area contributed by atoms with E-state index in [4.69, 9.17) is 11.6 Å². The standard InChI is InChI=1S/C11H13ClN4/c1-8-5-9(12)3-4-11(8)13-6-10-7-14-15-16(10)2/h3-5,7,13H,6H2,1-2H3. The molecule has 1 aromatic heterocycles. The largest absolute Gasteiger partial charge is 0.379 e. The number of hydrogen-bond donors (Lipinski definition) is 1. The molecule has 16 heavy (non-hydrogen) atoms. The first-order chi connectivity index (χ1) is 7.66. The van der Waals surface area contributed by atoms with Gasteiger partial charge in [-0.05, 0) is 30.7 Å². The average molecular weight is 237 g/mol. The van der Waals surface area contributed by atoms with Crippen LogP contribution in [-0.2, 0) is 13.6 Å². The Morgan fingerprint density at radius 1 is 1.44 bits per heavy atom. The fourth-order valence-electron chi connectivity index (χ4n) is 1.48. The number of benzene rings is 1. The molecule has 0 radical (unpaired) electrons. The highest BCUT2D eigenvalue weighted by Crippen LogP contribution is 2.19. The summed E-state index contributed by atoms with van der Waals surface area (Å²) in [5.74, 6) is 0. The van der Waals surface area contributed by atoms with Gasteiger partial charge in [0.15, 0.2) is 0 Å². The number of anilines is 1. The maximum absolute atomic E-state index is 5.89. The molecule has 0 saturated heterocycles. The minimum atomic E-state index is 0.700. The average Bonchev–Trinajstić information content (AvgIpc) is 2.63. The number of nitrogens with zero attached hydrogens (tertiary/aromatic N) is 3. The van der Waals surface area contributed by atoms with Gasteiger partial charge in [-0.25, -0.2) is 0 Å². The van der Waals surface area contributed by atoms with Crippen LogP contribution in [0.2, 0.25) is 5.02 Å². The summed E-state index contributed by atoms with van der Waals surface area (Å²) in [5.41, 5.74) is 3.24. The first-order valence-electron chi connectivity index (χ1n) is 5.00. The summed E-state index contributed by atoms with van der Waals surface area (Å²) < 4.78 is 1.75. The minimum Gasteiger partial charge on any atom is -0.379 e. The van der Waals surface area contributed by atoms with Gasteiger partial charge in [-0.3, -0.25) is 4.68 Å². The summed E-state index contributed by atoms with van der Waals surface area (Å²) in [6, 6.07) is 5.78. The van der Waals surface area contributed by atoms with Crippen LogP contribution in [0.1, 0.15) is 11.3 Å². The number of aromatic nitrogens is 3. The van der Waals surface area contributed by atoms with Crippen molar-refractivity contribution in [2.75, 3.05) is 5.32 Å². The van der Waals surface area contributed by atoms with Crippen LogP contribution in [0, 0.1) is 6.92 Å². The maximum Gasteiger partial charge on any atom is 0.0774 e. The lowest BCUT2D eigenvalue weighted by molar-refractivity contribution is 0.683. The molecule has 0 aliphatic rings. The van der Waals surface area contributed by atoms with Crippen LogP contribution >= 0.6 is 11.6 Å². The SMILES string of the molecule is Cc1cc(Cl)ccc1NCc1cnnn1C. The Balaban J connectivity index is 2.08. The van der Waals surface area contributed by atoms with E-state index in [-0.39, 0.29) is 0 Å². The molecule has 1 aromatic carbocycles. The fraction of sp³-hybridized carbons (Fsp3) is 0.273. The Morgan fingerprint density at radius 2 is 2.25 bits per heavy atom. The highest BCUT2D eigenvalue weighted by Gasteiger charge is 2.02. The van der Waals surface area contributed by atoms with E-state index < -0.39 is 0 Å². The van der Waals surface area contributed by atoms with Crippen molar-refractivity contribution < 1.29 is 0 Å². The molecule has 0 aliphatic heterocycles. The molecule has 4 nitrogen and oxygen atoms in total. The third-order valence-corrected chi connectivity index (χ3v) is 2.69. The number of aryl methyl sites for hydroxylation is 2. The van der Waals surface area contributed by atoms with E-state index in [1.54, 1.807) is 10.9 Å². The lowest BCUT2D eigenvalue weighted by Crippen LogP contribution is -2.06. The first-order valence-corrected chi connectivity index (χ1v) is 5.38. The van der Waals surface area contributed by atoms with Gasteiger partial charge in [0.1, 0.15) is 0 Å². The summed E-state index contributed by atoms with van der Waals surface area (Å²) in [6.45, 7) is 2.72. The molecule has 0 unspecified atom stereocenters. The zero-order chi connectivity index (χ0) is 11.5. The predicted molar refractivity (Wildman–Crippen MR) is 64.5 cm³/mol. The van der Waals surface area contributed by atoms with E-state index in [9.17, 15) is 0 Å². The van der Waals surface area contributed by atoms with E-state index in [0.29, 0.717) is 6.54 Å². The molecule has 2 rings (SSSR count). The third kappa shape index (κ3) is 2.33. The first kappa shape index (κ1) is 11.0. The fourth-order valence-corrected chi connectivity index (χ4v) is 1.71. The van der Waals surface area contributed by atoms with Crippen LogP contribution in [0.4, 0.5) is 5.69 Å². The van der Waals surface area contributed by atoms with Gasteiger partial charge in [0.05, 0.1) is 18.4 Å². The van der Waals surface area contributed by atoms with Gasteiger partial charge in [-0.1, -0.05) is 16.8 Å². The number of halogens is 1. The lowest BCUT2D eigenvalue weighted by Gasteiger charge is -2.09. The molecule has 84 valence electrons. The second-order valence-electron chi connectivity index (χ2n) is 3.66. The van der Waals surface area contributed by atoms with Crippen molar-refractivity contribution in [3.05, 3.63) is 40.7 Å². The van der Waals surface area contributed by atoms with Gasteiger partial charge >= 0.3 is 0 Å².